The first-order valence-corrected chi connectivity index (χ1v) is 11.1. The van der Waals surface area contributed by atoms with E-state index in [1.54, 1.807) is 15.6 Å². The number of benzene rings is 1. The Bertz CT molecular complexity index is 1320. The Morgan fingerprint density at radius 1 is 1.10 bits per heavy atom. The Kier molecular flexibility index (Phi) is 5.58. The summed E-state index contributed by atoms with van der Waals surface area (Å²) in [6.45, 7) is 10.8. The number of amidine groups is 1. The number of aliphatic imine (C=N–C) groups is 1. The number of hydrogen-bond acceptors (Lipinski definition) is 5. The molecule has 0 unspecified atom stereocenters. The number of para-hydroxylation sites is 1. The second-order valence-corrected chi connectivity index (χ2v) is 8.36. The van der Waals surface area contributed by atoms with Gasteiger partial charge in [-0.3, -0.25) is 24.2 Å². The van der Waals surface area contributed by atoms with Crippen molar-refractivity contribution in [1.82, 2.24) is 19.2 Å². The van der Waals surface area contributed by atoms with Crippen LogP contribution in [0, 0.1) is 20.8 Å². The van der Waals surface area contributed by atoms with Crippen LogP contribution in [0.25, 0.3) is 17.0 Å². The number of carbonyl (C=O) groups excluding carboxylic acids is 1. The summed E-state index contributed by atoms with van der Waals surface area (Å²) < 4.78 is 3.47. The predicted molar refractivity (Wildman–Crippen MR) is 126 cm³/mol. The van der Waals surface area contributed by atoms with Gasteiger partial charge < -0.3 is 0 Å². The number of carbonyl (C=O) groups is 1. The lowest BCUT2D eigenvalue weighted by atomic mass is 10.2. The Hall–Kier alpha value is -3.13. The average molecular weight is 436 g/mol. The molecule has 160 valence electrons. The molecule has 8 heteroatoms. The summed E-state index contributed by atoms with van der Waals surface area (Å²) in [6.07, 6.45) is 1.89. The molecule has 0 atom stereocenters. The molecule has 2 aromatic heterocycles. The lowest BCUT2D eigenvalue weighted by Crippen LogP contribution is -2.30. The highest BCUT2D eigenvalue weighted by Crippen LogP contribution is 2.33. The van der Waals surface area contributed by atoms with Crippen molar-refractivity contribution in [2.24, 2.45) is 4.99 Å². The van der Waals surface area contributed by atoms with Gasteiger partial charge in [0.15, 0.2) is 5.17 Å². The topological polar surface area (TPSA) is 72.5 Å². The van der Waals surface area contributed by atoms with Crippen LogP contribution < -0.4 is 5.56 Å². The van der Waals surface area contributed by atoms with E-state index in [0.29, 0.717) is 34.7 Å². The SMILES string of the molecule is CCN=C1SC(=Cc2cc(C)n(-n3c(C)nc4ccccc4c3=O)c2C)C(=O)N1CC. The third kappa shape index (κ3) is 3.50. The molecular weight excluding hydrogens is 410 g/mol. The first-order valence-electron chi connectivity index (χ1n) is 10.3. The molecule has 31 heavy (non-hydrogen) atoms. The van der Waals surface area contributed by atoms with Gasteiger partial charge in [-0.05, 0) is 76.2 Å². The van der Waals surface area contributed by atoms with Crippen LogP contribution in [0.4, 0.5) is 0 Å². The highest BCUT2D eigenvalue weighted by atomic mass is 32.2. The van der Waals surface area contributed by atoms with E-state index in [0.717, 1.165) is 22.1 Å². The Balaban J connectivity index is 1.84. The van der Waals surface area contributed by atoms with Gasteiger partial charge >= 0.3 is 0 Å². The second kappa shape index (κ2) is 8.19. The number of likely N-dealkylation sites (N-methyl/N-ethyl adjacent to an activating group) is 1. The lowest BCUT2D eigenvalue weighted by molar-refractivity contribution is -0.122. The molecule has 3 heterocycles. The van der Waals surface area contributed by atoms with Crippen LogP contribution in [0.2, 0.25) is 0 Å². The molecule has 7 nitrogen and oxygen atoms in total. The quantitative estimate of drug-likeness (QED) is 0.585. The monoisotopic (exact) mass is 435 g/mol. The van der Waals surface area contributed by atoms with Gasteiger partial charge in [-0.2, -0.15) is 4.68 Å². The van der Waals surface area contributed by atoms with E-state index in [1.807, 2.05) is 69.6 Å². The molecule has 4 rings (SSSR count). The first-order chi connectivity index (χ1) is 14.9. The van der Waals surface area contributed by atoms with Crippen molar-refractivity contribution >= 4 is 39.8 Å². The Morgan fingerprint density at radius 3 is 2.55 bits per heavy atom. The van der Waals surface area contributed by atoms with Gasteiger partial charge in [-0.1, -0.05) is 12.1 Å². The minimum Gasteiger partial charge on any atom is -0.287 e. The zero-order chi connectivity index (χ0) is 22.3. The molecule has 0 aliphatic carbocycles. The standard InChI is InChI=1S/C23H25N5O2S/c1-6-24-23-26(7-2)22(30)20(31-23)13-17-12-14(3)27(15(17)4)28-16(5)25-19-11-9-8-10-18(19)21(28)29/h8-13H,6-7H2,1-5H3. The maximum Gasteiger partial charge on any atom is 0.280 e. The molecule has 3 aromatic rings. The van der Waals surface area contributed by atoms with E-state index in [1.165, 1.54) is 11.8 Å². The van der Waals surface area contributed by atoms with Gasteiger partial charge in [0.05, 0.1) is 15.8 Å². The van der Waals surface area contributed by atoms with Crippen LogP contribution in [-0.2, 0) is 4.79 Å². The molecule has 0 N–H and O–H groups in total. The fraction of sp³-hybridized carbons (Fsp3) is 0.304. The molecule has 0 saturated carbocycles. The summed E-state index contributed by atoms with van der Waals surface area (Å²) in [4.78, 5) is 37.5. The van der Waals surface area contributed by atoms with E-state index in [9.17, 15) is 9.59 Å². The van der Waals surface area contributed by atoms with Crippen molar-refractivity contribution in [3.63, 3.8) is 0 Å². The number of rotatable bonds is 4. The Labute approximate surface area is 185 Å². The van der Waals surface area contributed by atoms with E-state index in [-0.39, 0.29) is 11.5 Å². The maximum atomic E-state index is 13.3. The van der Waals surface area contributed by atoms with Gasteiger partial charge in [-0.15, -0.1) is 0 Å². The first kappa shape index (κ1) is 21.1. The van der Waals surface area contributed by atoms with Crippen molar-refractivity contribution in [3.8, 4) is 0 Å². The highest BCUT2D eigenvalue weighted by molar-refractivity contribution is 8.18. The third-order valence-electron chi connectivity index (χ3n) is 5.33. The molecule has 1 aromatic carbocycles. The van der Waals surface area contributed by atoms with Gasteiger partial charge in [0.25, 0.3) is 11.5 Å². The fourth-order valence-electron chi connectivity index (χ4n) is 3.88. The van der Waals surface area contributed by atoms with Crippen molar-refractivity contribution in [1.29, 1.82) is 0 Å². The molecule has 1 saturated heterocycles. The fourth-order valence-corrected chi connectivity index (χ4v) is 4.98. The van der Waals surface area contributed by atoms with Crippen LogP contribution in [0.15, 0.2) is 45.0 Å². The molecule has 0 spiro atoms. The van der Waals surface area contributed by atoms with Crippen LogP contribution in [0.1, 0.15) is 36.6 Å². The zero-order valence-electron chi connectivity index (χ0n) is 18.3. The van der Waals surface area contributed by atoms with E-state index >= 15 is 0 Å². The van der Waals surface area contributed by atoms with Gasteiger partial charge in [0.2, 0.25) is 0 Å². The minimum atomic E-state index is -0.120. The summed E-state index contributed by atoms with van der Waals surface area (Å²) >= 11 is 1.40. The molecule has 1 amide bonds. The van der Waals surface area contributed by atoms with Gasteiger partial charge in [-0.25, -0.2) is 4.98 Å². The number of nitrogens with zero attached hydrogens (tertiary/aromatic N) is 5. The smallest absolute Gasteiger partial charge is 0.280 e. The van der Waals surface area contributed by atoms with Crippen LogP contribution in [0.3, 0.4) is 0 Å². The van der Waals surface area contributed by atoms with Crippen LogP contribution in [-0.4, -0.2) is 43.4 Å². The number of fused-ring (bicyclic) bond motifs is 1. The van der Waals surface area contributed by atoms with Crippen LogP contribution >= 0.6 is 11.8 Å². The summed E-state index contributed by atoms with van der Waals surface area (Å²) in [5, 5.41) is 1.31. The van der Waals surface area contributed by atoms with Gasteiger partial charge in [0.1, 0.15) is 5.82 Å². The van der Waals surface area contributed by atoms with Crippen molar-refractivity contribution in [2.75, 3.05) is 13.1 Å². The second-order valence-electron chi connectivity index (χ2n) is 7.35. The average Bonchev–Trinajstić information content (AvgIpc) is 3.18. The lowest BCUT2D eigenvalue weighted by Gasteiger charge is -2.16. The molecule has 1 aliphatic rings. The third-order valence-corrected chi connectivity index (χ3v) is 6.38. The number of aromatic nitrogens is 3. The maximum absolute atomic E-state index is 13.3. The number of amides is 1. The molecule has 0 radical (unpaired) electrons. The minimum absolute atomic E-state index is 0.0368. The van der Waals surface area contributed by atoms with Gasteiger partial charge in [0, 0.05) is 24.5 Å². The number of thioether (sulfide) groups is 1. The summed E-state index contributed by atoms with van der Waals surface area (Å²) in [5.74, 6) is 0.566. The molecular formula is C23H25N5O2S. The molecule has 0 bridgehead atoms. The van der Waals surface area contributed by atoms with Crippen molar-refractivity contribution in [3.05, 3.63) is 68.4 Å². The zero-order valence-corrected chi connectivity index (χ0v) is 19.2. The summed E-state index contributed by atoms with van der Waals surface area (Å²) in [7, 11) is 0. The number of hydrogen-bond donors (Lipinski definition) is 0. The van der Waals surface area contributed by atoms with Crippen LogP contribution in [0.5, 0.6) is 0 Å². The van der Waals surface area contributed by atoms with E-state index in [4.69, 9.17) is 0 Å². The summed E-state index contributed by atoms with van der Waals surface area (Å²) in [6, 6.07) is 9.34. The molecule has 1 aliphatic heterocycles. The highest BCUT2D eigenvalue weighted by Gasteiger charge is 2.32. The van der Waals surface area contributed by atoms with E-state index < -0.39 is 0 Å². The normalized spacial score (nSPS) is 16.9. The Morgan fingerprint density at radius 2 is 1.84 bits per heavy atom. The molecule has 1 fully saturated rings. The predicted octanol–water partition coefficient (Wildman–Crippen LogP) is 3.75. The largest absolute Gasteiger partial charge is 0.287 e. The van der Waals surface area contributed by atoms with Crippen molar-refractivity contribution < 1.29 is 4.79 Å². The summed E-state index contributed by atoms with van der Waals surface area (Å²) in [5.41, 5.74) is 3.20. The van der Waals surface area contributed by atoms with Crippen molar-refractivity contribution in [2.45, 2.75) is 34.6 Å². The van der Waals surface area contributed by atoms with E-state index in [2.05, 4.69) is 9.98 Å². The number of aryl methyl sites for hydroxylation is 2.